The van der Waals surface area contributed by atoms with Crippen LogP contribution in [0, 0.1) is 0 Å². The number of carbonyl (C=O) groups is 1. The third-order valence-corrected chi connectivity index (χ3v) is 2.79. The molecule has 13 heavy (non-hydrogen) atoms. The first-order valence-electron chi connectivity index (χ1n) is 4.01. The molecule has 2 rings (SSSR count). The number of benzene rings is 1. The molecule has 0 bridgehead atoms. The Bertz CT molecular complexity index is 340. The maximum Gasteiger partial charge on any atom is 0.286 e. The van der Waals surface area contributed by atoms with Gasteiger partial charge < -0.3 is 5.11 Å². The summed E-state index contributed by atoms with van der Waals surface area (Å²) in [6.45, 7) is 0.682. The van der Waals surface area contributed by atoms with E-state index < -0.39 is 0 Å². The van der Waals surface area contributed by atoms with Crippen molar-refractivity contribution in [3.8, 4) is 5.75 Å². The van der Waals surface area contributed by atoms with Crippen molar-refractivity contribution >= 4 is 22.7 Å². The highest BCUT2D eigenvalue weighted by molar-refractivity contribution is 8.14. The van der Waals surface area contributed by atoms with E-state index in [1.807, 2.05) is 6.07 Å². The third-order valence-electron chi connectivity index (χ3n) is 1.93. The summed E-state index contributed by atoms with van der Waals surface area (Å²) in [4.78, 5) is 12.9. The average molecular weight is 195 g/mol. The zero-order valence-corrected chi connectivity index (χ0v) is 7.75. The molecular weight excluding hydrogens is 186 g/mol. The Morgan fingerprint density at radius 3 is 2.77 bits per heavy atom. The molecule has 1 heterocycles. The predicted molar refractivity (Wildman–Crippen MR) is 53.3 cm³/mol. The fraction of sp³-hybridized carbons (Fsp3) is 0.222. The van der Waals surface area contributed by atoms with Gasteiger partial charge in [0.2, 0.25) is 0 Å². The maximum atomic E-state index is 11.3. The minimum Gasteiger partial charge on any atom is -0.506 e. The Morgan fingerprint density at radius 2 is 2.15 bits per heavy atom. The molecule has 1 fully saturated rings. The van der Waals surface area contributed by atoms with Crippen LogP contribution in [0.25, 0.3) is 0 Å². The fourth-order valence-electron chi connectivity index (χ4n) is 1.30. The smallest absolute Gasteiger partial charge is 0.286 e. The van der Waals surface area contributed by atoms with Crippen molar-refractivity contribution in [3.05, 3.63) is 24.3 Å². The van der Waals surface area contributed by atoms with Crippen molar-refractivity contribution in [1.82, 2.24) is 0 Å². The maximum absolute atomic E-state index is 11.3. The Morgan fingerprint density at radius 1 is 1.38 bits per heavy atom. The Kier molecular flexibility index (Phi) is 2.14. The van der Waals surface area contributed by atoms with Crippen molar-refractivity contribution in [3.63, 3.8) is 0 Å². The molecule has 1 N–H and O–H groups in total. The molecule has 1 aliphatic rings. The van der Waals surface area contributed by atoms with Crippen LogP contribution in [0.2, 0.25) is 0 Å². The monoisotopic (exact) mass is 195 g/mol. The van der Waals surface area contributed by atoms with Gasteiger partial charge in [-0.05, 0) is 12.1 Å². The minimum atomic E-state index is 0.0153. The molecule has 0 radical (unpaired) electrons. The van der Waals surface area contributed by atoms with E-state index in [-0.39, 0.29) is 11.0 Å². The second-order valence-electron chi connectivity index (χ2n) is 2.75. The zero-order valence-electron chi connectivity index (χ0n) is 6.93. The van der Waals surface area contributed by atoms with E-state index in [1.165, 1.54) is 11.8 Å². The number of hydrogen-bond donors (Lipinski definition) is 1. The highest BCUT2D eigenvalue weighted by Crippen LogP contribution is 2.31. The lowest BCUT2D eigenvalue weighted by molar-refractivity contribution is 0.266. The summed E-state index contributed by atoms with van der Waals surface area (Å²) in [6.07, 6.45) is 0. The Labute approximate surface area is 80.4 Å². The summed E-state index contributed by atoms with van der Waals surface area (Å²) in [5.74, 6) is 0.964. The molecule has 4 heteroatoms. The quantitative estimate of drug-likeness (QED) is 0.745. The fourth-order valence-corrected chi connectivity index (χ4v) is 2.10. The molecule has 0 saturated carbocycles. The first-order chi connectivity index (χ1) is 6.29. The summed E-state index contributed by atoms with van der Waals surface area (Å²) in [6, 6.07) is 6.89. The molecule has 68 valence electrons. The zero-order chi connectivity index (χ0) is 9.26. The van der Waals surface area contributed by atoms with Crippen LogP contribution in [-0.4, -0.2) is 22.6 Å². The number of nitrogens with zero attached hydrogens (tertiary/aromatic N) is 1. The molecule has 0 atom stereocenters. The van der Waals surface area contributed by atoms with Gasteiger partial charge in [-0.1, -0.05) is 23.9 Å². The SMILES string of the molecule is O=C1SCCN1c1ccccc1O. The van der Waals surface area contributed by atoms with E-state index in [0.29, 0.717) is 12.2 Å². The number of amides is 1. The first kappa shape index (κ1) is 8.44. The predicted octanol–water partition coefficient (Wildman–Crippen LogP) is 2.07. The van der Waals surface area contributed by atoms with Gasteiger partial charge in [-0.15, -0.1) is 0 Å². The van der Waals surface area contributed by atoms with Gasteiger partial charge in [-0.25, -0.2) is 0 Å². The summed E-state index contributed by atoms with van der Waals surface area (Å²) < 4.78 is 0. The lowest BCUT2D eigenvalue weighted by Gasteiger charge is -2.15. The number of phenols is 1. The molecule has 1 saturated heterocycles. The molecule has 0 spiro atoms. The highest BCUT2D eigenvalue weighted by Gasteiger charge is 2.24. The summed E-state index contributed by atoms with van der Waals surface area (Å²) in [5.41, 5.74) is 0.609. The normalized spacial score (nSPS) is 16.6. The van der Waals surface area contributed by atoms with E-state index in [4.69, 9.17) is 0 Å². The second-order valence-corrected chi connectivity index (χ2v) is 3.80. The summed E-state index contributed by atoms with van der Waals surface area (Å²) >= 11 is 1.28. The summed E-state index contributed by atoms with van der Waals surface area (Å²) in [7, 11) is 0. The van der Waals surface area contributed by atoms with Crippen LogP contribution in [0.15, 0.2) is 24.3 Å². The van der Waals surface area contributed by atoms with Crippen LogP contribution < -0.4 is 4.90 Å². The number of phenolic OH excluding ortho intramolecular Hbond substituents is 1. The number of carbonyl (C=O) groups excluding carboxylic acids is 1. The van der Waals surface area contributed by atoms with Crippen molar-refractivity contribution in [2.45, 2.75) is 0 Å². The van der Waals surface area contributed by atoms with Crippen LogP contribution in [0.4, 0.5) is 10.5 Å². The summed E-state index contributed by atoms with van der Waals surface area (Å²) in [5, 5.41) is 9.50. The third kappa shape index (κ3) is 1.49. The largest absolute Gasteiger partial charge is 0.506 e. The van der Waals surface area contributed by atoms with Gasteiger partial charge in [0.15, 0.2) is 0 Å². The molecule has 1 aliphatic heterocycles. The number of thioether (sulfide) groups is 1. The minimum absolute atomic E-state index is 0.0153. The number of para-hydroxylation sites is 2. The molecular formula is C9H9NO2S. The van der Waals surface area contributed by atoms with E-state index >= 15 is 0 Å². The van der Waals surface area contributed by atoms with Crippen LogP contribution in [0.3, 0.4) is 0 Å². The van der Waals surface area contributed by atoms with Crippen LogP contribution in [-0.2, 0) is 0 Å². The highest BCUT2D eigenvalue weighted by atomic mass is 32.2. The van der Waals surface area contributed by atoms with Gasteiger partial charge in [0.25, 0.3) is 5.24 Å². The van der Waals surface area contributed by atoms with Crippen molar-refractivity contribution in [1.29, 1.82) is 0 Å². The van der Waals surface area contributed by atoms with Gasteiger partial charge in [0, 0.05) is 12.3 Å². The first-order valence-corrected chi connectivity index (χ1v) is 5.00. The average Bonchev–Trinajstić information content (AvgIpc) is 2.52. The molecule has 3 nitrogen and oxygen atoms in total. The van der Waals surface area contributed by atoms with Gasteiger partial charge in [0.1, 0.15) is 5.75 Å². The lowest BCUT2D eigenvalue weighted by atomic mass is 10.3. The second kappa shape index (κ2) is 3.30. The molecule has 0 aromatic heterocycles. The van der Waals surface area contributed by atoms with Gasteiger partial charge in [-0.3, -0.25) is 9.69 Å². The molecule has 1 aromatic rings. The van der Waals surface area contributed by atoms with Crippen molar-refractivity contribution in [2.75, 3.05) is 17.2 Å². The van der Waals surface area contributed by atoms with E-state index in [0.717, 1.165) is 5.75 Å². The standard InChI is InChI=1S/C9H9NO2S/c11-8-4-2-1-3-7(8)10-5-6-13-9(10)12/h1-4,11H,5-6H2. The lowest BCUT2D eigenvalue weighted by Crippen LogP contribution is -2.21. The number of aromatic hydroxyl groups is 1. The van der Waals surface area contributed by atoms with Gasteiger partial charge in [0.05, 0.1) is 5.69 Å². The van der Waals surface area contributed by atoms with Crippen molar-refractivity contribution in [2.24, 2.45) is 0 Å². The molecule has 0 aliphatic carbocycles. The molecule has 1 aromatic carbocycles. The topological polar surface area (TPSA) is 40.5 Å². The Hall–Kier alpha value is -1.16. The van der Waals surface area contributed by atoms with E-state index in [1.54, 1.807) is 23.1 Å². The van der Waals surface area contributed by atoms with E-state index in [9.17, 15) is 9.90 Å². The van der Waals surface area contributed by atoms with E-state index in [2.05, 4.69) is 0 Å². The molecule has 0 unspecified atom stereocenters. The van der Waals surface area contributed by atoms with Crippen LogP contribution >= 0.6 is 11.8 Å². The van der Waals surface area contributed by atoms with Crippen molar-refractivity contribution < 1.29 is 9.90 Å². The number of hydrogen-bond acceptors (Lipinski definition) is 3. The number of anilines is 1. The van der Waals surface area contributed by atoms with Crippen LogP contribution in [0.5, 0.6) is 5.75 Å². The molecule has 1 amide bonds. The van der Waals surface area contributed by atoms with Gasteiger partial charge in [-0.2, -0.15) is 0 Å². The number of rotatable bonds is 1. The van der Waals surface area contributed by atoms with Crippen LogP contribution in [0.1, 0.15) is 0 Å². The van der Waals surface area contributed by atoms with Gasteiger partial charge >= 0.3 is 0 Å². The Balaban J connectivity index is 2.34.